The highest BCUT2D eigenvalue weighted by Crippen LogP contribution is 2.18. The fraction of sp³-hybridized carbons (Fsp3) is 0.467. The molecule has 0 unspecified atom stereocenters. The first-order valence-electron chi connectivity index (χ1n) is 7.37. The number of piperazine rings is 1. The van der Waals surface area contributed by atoms with Crippen molar-refractivity contribution in [3.05, 3.63) is 23.5 Å². The minimum atomic E-state index is -0.246. The number of rotatable bonds is 2. The smallest absolute Gasteiger partial charge is 0.275 e. The first-order chi connectivity index (χ1) is 10.9. The van der Waals surface area contributed by atoms with Crippen LogP contribution in [0, 0.1) is 6.92 Å². The number of hydrogen-bond donors (Lipinski definition) is 0. The van der Waals surface area contributed by atoms with Gasteiger partial charge in [0.1, 0.15) is 6.54 Å². The molecule has 0 radical (unpaired) electrons. The van der Waals surface area contributed by atoms with Crippen molar-refractivity contribution >= 4 is 17.5 Å². The van der Waals surface area contributed by atoms with E-state index in [2.05, 4.69) is 10.1 Å². The Morgan fingerprint density at radius 1 is 1.39 bits per heavy atom. The quantitative estimate of drug-likeness (QED) is 0.798. The van der Waals surface area contributed by atoms with E-state index in [0.717, 1.165) is 0 Å². The average molecular weight is 317 g/mol. The van der Waals surface area contributed by atoms with Crippen molar-refractivity contribution in [2.45, 2.75) is 19.9 Å². The molecular formula is C15H19N5O3. The molecule has 1 fully saturated rings. The number of likely N-dealkylation sites (N-methyl/N-ethyl adjacent to an activating group) is 1. The molecule has 0 N–H and O–H groups in total. The molecule has 8 heteroatoms. The van der Waals surface area contributed by atoms with Crippen molar-refractivity contribution in [2.75, 3.05) is 27.2 Å². The van der Waals surface area contributed by atoms with E-state index >= 15 is 0 Å². The lowest BCUT2D eigenvalue weighted by Crippen LogP contribution is -2.55. The topological polar surface area (TPSA) is 80.0 Å². The monoisotopic (exact) mass is 317 g/mol. The summed E-state index contributed by atoms with van der Waals surface area (Å²) in [5.74, 6) is 0.0740. The van der Waals surface area contributed by atoms with Crippen LogP contribution in [0.2, 0.25) is 0 Å². The zero-order chi connectivity index (χ0) is 16.7. The molecule has 1 saturated heterocycles. The molecule has 3 rings (SSSR count). The Bertz CT molecular complexity index is 785. The van der Waals surface area contributed by atoms with E-state index in [1.54, 1.807) is 35.9 Å². The molecule has 23 heavy (non-hydrogen) atoms. The Labute approximate surface area is 133 Å². The molecule has 0 aromatic carbocycles. The first-order valence-corrected chi connectivity index (χ1v) is 7.37. The van der Waals surface area contributed by atoms with E-state index in [9.17, 15) is 9.59 Å². The van der Waals surface area contributed by atoms with Crippen molar-refractivity contribution in [1.82, 2.24) is 24.4 Å². The van der Waals surface area contributed by atoms with Gasteiger partial charge in [-0.1, -0.05) is 0 Å². The fourth-order valence-corrected chi connectivity index (χ4v) is 2.71. The molecule has 2 aromatic rings. The molecule has 0 spiro atoms. The zero-order valence-electron chi connectivity index (χ0n) is 13.6. The molecule has 3 heterocycles. The zero-order valence-corrected chi connectivity index (χ0v) is 13.6. The maximum Gasteiger partial charge on any atom is 0.275 e. The van der Waals surface area contributed by atoms with Crippen molar-refractivity contribution in [3.8, 4) is 5.88 Å². The number of carbonyl (C=O) groups excluding carboxylic acids is 2. The first kappa shape index (κ1) is 15.3. The summed E-state index contributed by atoms with van der Waals surface area (Å²) in [4.78, 5) is 32.5. The van der Waals surface area contributed by atoms with Gasteiger partial charge in [-0.2, -0.15) is 0 Å². The summed E-state index contributed by atoms with van der Waals surface area (Å²) in [5, 5.41) is 4.27. The van der Waals surface area contributed by atoms with Crippen LogP contribution in [-0.4, -0.2) is 69.5 Å². The van der Waals surface area contributed by atoms with E-state index in [0.29, 0.717) is 29.5 Å². The summed E-state index contributed by atoms with van der Waals surface area (Å²) < 4.78 is 6.59. The molecule has 1 atom stereocenters. The van der Waals surface area contributed by atoms with Gasteiger partial charge >= 0.3 is 0 Å². The van der Waals surface area contributed by atoms with Gasteiger partial charge in [-0.15, -0.1) is 5.10 Å². The third-order valence-corrected chi connectivity index (χ3v) is 4.19. The Morgan fingerprint density at radius 2 is 2.13 bits per heavy atom. The van der Waals surface area contributed by atoms with Crippen molar-refractivity contribution in [2.24, 2.45) is 0 Å². The fourth-order valence-electron chi connectivity index (χ4n) is 2.71. The number of amides is 2. The van der Waals surface area contributed by atoms with E-state index < -0.39 is 0 Å². The van der Waals surface area contributed by atoms with Crippen LogP contribution >= 0.6 is 0 Å². The van der Waals surface area contributed by atoms with Crippen LogP contribution in [0.15, 0.2) is 12.1 Å². The Kier molecular flexibility index (Phi) is 3.67. The van der Waals surface area contributed by atoms with Gasteiger partial charge in [0.15, 0.2) is 11.3 Å². The van der Waals surface area contributed by atoms with Gasteiger partial charge in [-0.3, -0.25) is 9.59 Å². The van der Waals surface area contributed by atoms with Crippen molar-refractivity contribution < 1.29 is 14.3 Å². The highest BCUT2D eigenvalue weighted by atomic mass is 16.5. The lowest BCUT2D eigenvalue weighted by molar-refractivity contribution is -0.136. The second-order valence-corrected chi connectivity index (χ2v) is 5.73. The lowest BCUT2D eigenvalue weighted by Gasteiger charge is -2.37. The summed E-state index contributed by atoms with van der Waals surface area (Å²) in [6.07, 6.45) is 0. The molecule has 2 amide bonds. The molecule has 1 aliphatic heterocycles. The summed E-state index contributed by atoms with van der Waals surface area (Å²) >= 11 is 0. The Hall–Kier alpha value is -2.64. The number of imidazole rings is 1. The summed E-state index contributed by atoms with van der Waals surface area (Å²) in [7, 11) is 3.26. The van der Waals surface area contributed by atoms with Gasteiger partial charge in [0, 0.05) is 25.7 Å². The SMILES string of the molecule is COc1ccc2nc(C)c(C(=O)N3CC(=O)N(C)[C@@H](C)C3)n2n1. The van der Waals surface area contributed by atoms with Gasteiger partial charge in [0.05, 0.1) is 12.8 Å². The number of ether oxygens (including phenoxy) is 1. The standard InChI is InChI=1S/C15H19N5O3/c1-9-7-19(8-13(21)18(9)3)15(22)14-10(2)16-11-5-6-12(23-4)17-20(11)14/h5-6,9H,7-8H2,1-4H3/t9-/m0/s1. The minimum Gasteiger partial charge on any atom is -0.480 e. The van der Waals surface area contributed by atoms with Crippen LogP contribution in [0.3, 0.4) is 0 Å². The van der Waals surface area contributed by atoms with Crippen LogP contribution in [0.1, 0.15) is 23.1 Å². The molecule has 1 aliphatic rings. The number of methoxy groups -OCH3 is 1. The molecule has 0 aliphatic carbocycles. The molecule has 8 nitrogen and oxygen atoms in total. The lowest BCUT2D eigenvalue weighted by atomic mass is 10.2. The van der Waals surface area contributed by atoms with Gasteiger partial charge in [-0.25, -0.2) is 9.50 Å². The highest BCUT2D eigenvalue weighted by Gasteiger charge is 2.32. The molecule has 2 aromatic heterocycles. The predicted molar refractivity (Wildman–Crippen MR) is 82.4 cm³/mol. The summed E-state index contributed by atoms with van der Waals surface area (Å²) in [6, 6.07) is 3.41. The maximum absolute atomic E-state index is 12.9. The average Bonchev–Trinajstić information content (AvgIpc) is 2.86. The molecule has 122 valence electrons. The number of nitrogens with zero attached hydrogens (tertiary/aromatic N) is 5. The van der Waals surface area contributed by atoms with Gasteiger partial charge < -0.3 is 14.5 Å². The Morgan fingerprint density at radius 3 is 2.78 bits per heavy atom. The van der Waals surface area contributed by atoms with Crippen molar-refractivity contribution in [3.63, 3.8) is 0 Å². The van der Waals surface area contributed by atoms with Gasteiger partial charge in [0.25, 0.3) is 5.91 Å². The third-order valence-electron chi connectivity index (χ3n) is 4.19. The molecular weight excluding hydrogens is 298 g/mol. The number of carbonyl (C=O) groups is 2. The number of aromatic nitrogens is 3. The van der Waals surface area contributed by atoms with Gasteiger partial charge in [0.2, 0.25) is 11.8 Å². The second-order valence-electron chi connectivity index (χ2n) is 5.73. The van der Waals surface area contributed by atoms with Crippen LogP contribution in [0.4, 0.5) is 0 Å². The molecule has 0 saturated carbocycles. The third kappa shape index (κ3) is 2.49. The van der Waals surface area contributed by atoms with Crippen LogP contribution in [-0.2, 0) is 4.79 Å². The van der Waals surface area contributed by atoms with Crippen LogP contribution < -0.4 is 4.74 Å². The van der Waals surface area contributed by atoms with Gasteiger partial charge in [-0.05, 0) is 19.9 Å². The van der Waals surface area contributed by atoms with E-state index in [1.807, 2.05) is 6.92 Å². The Balaban J connectivity index is 2.00. The number of hydrogen-bond acceptors (Lipinski definition) is 5. The largest absolute Gasteiger partial charge is 0.480 e. The second kappa shape index (κ2) is 5.53. The van der Waals surface area contributed by atoms with E-state index in [4.69, 9.17) is 4.74 Å². The van der Waals surface area contributed by atoms with Crippen molar-refractivity contribution in [1.29, 1.82) is 0 Å². The summed E-state index contributed by atoms with van der Waals surface area (Å²) in [5.41, 5.74) is 1.51. The minimum absolute atomic E-state index is 0.0258. The highest BCUT2D eigenvalue weighted by molar-refractivity contribution is 5.97. The normalized spacial score (nSPS) is 18.6. The number of aryl methyl sites for hydroxylation is 1. The van der Waals surface area contributed by atoms with E-state index in [-0.39, 0.29) is 24.4 Å². The molecule has 0 bridgehead atoms. The summed E-state index contributed by atoms with van der Waals surface area (Å²) in [6.45, 7) is 4.23. The van der Waals surface area contributed by atoms with E-state index in [1.165, 1.54) is 11.6 Å². The number of fused-ring (bicyclic) bond motifs is 1. The predicted octanol–water partition coefficient (Wildman–Crippen LogP) is 0.349. The van der Waals surface area contributed by atoms with Crippen LogP contribution in [0.25, 0.3) is 5.65 Å². The maximum atomic E-state index is 12.9. The van der Waals surface area contributed by atoms with Crippen LogP contribution in [0.5, 0.6) is 5.88 Å².